The van der Waals surface area contributed by atoms with Crippen molar-refractivity contribution in [2.24, 2.45) is 0 Å². The minimum Gasteiger partial charge on any atom is -0.457 e. The summed E-state index contributed by atoms with van der Waals surface area (Å²) in [6, 6.07) is 6.87. The van der Waals surface area contributed by atoms with Gasteiger partial charge in [-0.15, -0.1) is 0 Å². The maximum Gasteiger partial charge on any atom is 0.333 e. The quantitative estimate of drug-likeness (QED) is 0.355. The summed E-state index contributed by atoms with van der Waals surface area (Å²) in [5.74, 6) is -0.751. The number of carbonyl (C=O) groups is 3. The van der Waals surface area contributed by atoms with Crippen molar-refractivity contribution in [2.75, 3.05) is 14.1 Å². The fourth-order valence-electron chi connectivity index (χ4n) is 2.73. The number of hydrogen-bond donors (Lipinski definition) is 0. The van der Waals surface area contributed by atoms with Crippen LogP contribution >= 0.6 is 0 Å². The van der Waals surface area contributed by atoms with E-state index in [4.69, 9.17) is 4.42 Å². The molecule has 0 aliphatic carbocycles. The molecule has 9 nitrogen and oxygen atoms in total. The molecule has 1 aromatic heterocycles. The molecule has 9 heteroatoms. The Morgan fingerprint density at radius 3 is 2.22 bits per heavy atom. The first-order valence-electron chi connectivity index (χ1n) is 7.87. The topological polar surface area (TPSA) is 114 Å². The van der Waals surface area contributed by atoms with Gasteiger partial charge in [0, 0.05) is 31.8 Å². The maximum atomic E-state index is 12.2. The molecule has 138 valence electrons. The highest BCUT2D eigenvalue weighted by Crippen LogP contribution is 2.29. The normalized spacial score (nSPS) is 14.8. The first-order chi connectivity index (χ1) is 12.7. The second-order valence-corrected chi connectivity index (χ2v) is 6.03. The third kappa shape index (κ3) is 3.10. The van der Waals surface area contributed by atoms with Gasteiger partial charge in [0.1, 0.15) is 17.1 Å². The van der Waals surface area contributed by atoms with Crippen molar-refractivity contribution >= 4 is 29.6 Å². The van der Waals surface area contributed by atoms with E-state index < -0.39 is 22.8 Å². The Morgan fingerprint density at radius 2 is 1.67 bits per heavy atom. The number of nitrogens with zero attached hydrogens (tertiary/aromatic N) is 3. The molecule has 0 spiro atoms. The number of likely N-dealkylation sites (N-methyl/N-ethyl adjacent to an activating group) is 2. The van der Waals surface area contributed by atoms with Gasteiger partial charge in [-0.1, -0.05) is 0 Å². The molecule has 0 radical (unpaired) electrons. The average Bonchev–Trinajstić information content (AvgIpc) is 3.10. The van der Waals surface area contributed by atoms with Crippen molar-refractivity contribution in [3.05, 3.63) is 57.3 Å². The van der Waals surface area contributed by atoms with Gasteiger partial charge in [-0.25, -0.2) is 4.79 Å². The van der Waals surface area contributed by atoms with E-state index in [1.807, 2.05) is 0 Å². The molecular formula is C18H15N3O6. The standard InChI is InChI=1S/C18H15N3O6/c1-10-8-11(21(25)26)4-6-13(10)15-7-5-12(27-15)9-14-16(22)19(2)18(24)20(3)17(14)23/h4-9H,1-3H3. The van der Waals surface area contributed by atoms with Gasteiger partial charge in [0.25, 0.3) is 17.5 Å². The number of nitro benzene ring substituents is 1. The summed E-state index contributed by atoms with van der Waals surface area (Å²) < 4.78 is 5.67. The monoisotopic (exact) mass is 369 g/mol. The van der Waals surface area contributed by atoms with Gasteiger partial charge in [0.15, 0.2) is 0 Å². The fourth-order valence-corrected chi connectivity index (χ4v) is 2.73. The zero-order valence-corrected chi connectivity index (χ0v) is 14.8. The second-order valence-electron chi connectivity index (χ2n) is 6.03. The maximum absolute atomic E-state index is 12.2. The van der Waals surface area contributed by atoms with Crippen LogP contribution in [0, 0.1) is 17.0 Å². The Morgan fingerprint density at radius 1 is 1.04 bits per heavy atom. The van der Waals surface area contributed by atoms with Crippen molar-refractivity contribution < 1.29 is 23.7 Å². The van der Waals surface area contributed by atoms with E-state index in [0.717, 1.165) is 9.80 Å². The minimum atomic E-state index is -0.715. The number of amides is 4. The summed E-state index contributed by atoms with van der Waals surface area (Å²) >= 11 is 0. The van der Waals surface area contributed by atoms with Gasteiger partial charge >= 0.3 is 6.03 Å². The predicted octanol–water partition coefficient (Wildman–Crippen LogP) is 2.60. The number of carbonyl (C=O) groups excluding carboxylic acids is 3. The molecule has 1 saturated heterocycles. The Kier molecular flexibility index (Phi) is 4.36. The molecule has 27 heavy (non-hydrogen) atoms. The Hall–Kier alpha value is -3.75. The van der Waals surface area contributed by atoms with Crippen molar-refractivity contribution in [3.63, 3.8) is 0 Å². The summed E-state index contributed by atoms with van der Waals surface area (Å²) in [6.07, 6.45) is 1.27. The van der Waals surface area contributed by atoms with Gasteiger partial charge in [-0.3, -0.25) is 29.5 Å². The van der Waals surface area contributed by atoms with Crippen LogP contribution in [-0.2, 0) is 9.59 Å². The minimum absolute atomic E-state index is 0.0284. The number of aryl methyl sites for hydroxylation is 1. The highest BCUT2D eigenvalue weighted by molar-refractivity contribution is 6.30. The van der Waals surface area contributed by atoms with E-state index in [0.29, 0.717) is 16.9 Å². The second kappa shape index (κ2) is 6.52. The Bertz CT molecular complexity index is 994. The van der Waals surface area contributed by atoms with E-state index in [1.54, 1.807) is 25.1 Å². The number of rotatable bonds is 3. The molecule has 0 bridgehead atoms. The fraction of sp³-hybridized carbons (Fsp3) is 0.167. The van der Waals surface area contributed by atoms with Crippen molar-refractivity contribution in [1.29, 1.82) is 0 Å². The smallest absolute Gasteiger partial charge is 0.333 e. The lowest BCUT2D eigenvalue weighted by molar-refractivity contribution is -0.384. The lowest BCUT2D eigenvalue weighted by Gasteiger charge is -2.28. The number of benzene rings is 1. The Labute approximate surface area is 153 Å². The highest BCUT2D eigenvalue weighted by atomic mass is 16.6. The van der Waals surface area contributed by atoms with Crippen LogP contribution < -0.4 is 0 Å². The molecule has 1 aromatic carbocycles. The molecule has 0 atom stereocenters. The summed E-state index contributed by atoms with van der Waals surface area (Å²) in [4.78, 5) is 48.2. The molecule has 2 aromatic rings. The summed E-state index contributed by atoms with van der Waals surface area (Å²) in [5.41, 5.74) is 1.07. The third-order valence-electron chi connectivity index (χ3n) is 4.24. The summed E-state index contributed by atoms with van der Waals surface area (Å²) in [5, 5.41) is 10.8. The number of imide groups is 2. The van der Waals surface area contributed by atoms with E-state index in [-0.39, 0.29) is 17.0 Å². The molecule has 0 unspecified atom stereocenters. The first kappa shape index (κ1) is 18.1. The van der Waals surface area contributed by atoms with Crippen LogP contribution in [-0.4, -0.2) is 46.7 Å². The van der Waals surface area contributed by atoms with E-state index in [1.165, 1.54) is 32.3 Å². The van der Waals surface area contributed by atoms with Gasteiger partial charge in [0.05, 0.1) is 4.92 Å². The van der Waals surface area contributed by atoms with E-state index in [2.05, 4.69) is 0 Å². The third-order valence-corrected chi connectivity index (χ3v) is 4.24. The average molecular weight is 369 g/mol. The molecule has 0 N–H and O–H groups in total. The van der Waals surface area contributed by atoms with Crippen molar-refractivity contribution in [2.45, 2.75) is 6.92 Å². The van der Waals surface area contributed by atoms with Crippen LogP contribution in [0.5, 0.6) is 0 Å². The zero-order chi connectivity index (χ0) is 19.9. The lowest BCUT2D eigenvalue weighted by Crippen LogP contribution is -2.52. The molecular weight excluding hydrogens is 354 g/mol. The summed E-state index contributed by atoms with van der Waals surface area (Å²) in [7, 11) is 2.57. The van der Waals surface area contributed by atoms with Gasteiger partial charge in [-0.2, -0.15) is 0 Å². The number of barbiturate groups is 1. The number of non-ortho nitro benzene ring substituents is 1. The van der Waals surface area contributed by atoms with Gasteiger partial charge < -0.3 is 4.42 Å². The zero-order valence-electron chi connectivity index (χ0n) is 14.8. The van der Waals surface area contributed by atoms with Crippen LogP contribution in [0.15, 0.2) is 40.3 Å². The van der Waals surface area contributed by atoms with Crippen LogP contribution in [0.3, 0.4) is 0 Å². The van der Waals surface area contributed by atoms with Crippen LogP contribution in [0.25, 0.3) is 17.4 Å². The molecule has 1 aliphatic rings. The molecule has 1 fully saturated rings. The number of furan rings is 1. The molecule has 1 aliphatic heterocycles. The largest absolute Gasteiger partial charge is 0.457 e. The SMILES string of the molecule is Cc1cc([N+](=O)[O-])ccc1-c1ccc(C=C2C(=O)N(C)C(=O)N(C)C2=O)o1. The van der Waals surface area contributed by atoms with E-state index >= 15 is 0 Å². The van der Waals surface area contributed by atoms with Crippen molar-refractivity contribution in [3.8, 4) is 11.3 Å². The molecule has 0 saturated carbocycles. The number of hydrogen-bond acceptors (Lipinski definition) is 6. The van der Waals surface area contributed by atoms with Crippen LogP contribution in [0.4, 0.5) is 10.5 Å². The number of urea groups is 1. The van der Waals surface area contributed by atoms with E-state index in [9.17, 15) is 24.5 Å². The highest BCUT2D eigenvalue weighted by Gasteiger charge is 2.38. The summed E-state index contributed by atoms with van der Waals surface area (Å²) in [6.45, 7) is 1.71. The number of nitro groups is 1. The van der Waals surface area contributed by atoms with Crippen LogP contribution in [0.1, 0.15) is 11.3 Å². The van der Waals surface area contributed by atoms with Crippen molar-refractivity contribution in [1.82, 2.24) is 9.80 Å². The van der Waals surface area contributed by atoms with Gasteiger partial charge in [-0.05, 0) is 36.8 Å². The first-order valence-corrected chi connectivity index (χ1v) is 7.87. The molecule has 3 rings (SSSR count). The predicted molar refractivity (Wildman–Crippen MR) is 94.4 cm³/mol. The molecule has 4 amide bonds. The lowest BCUT2D eigenvalue weighted by atomic mass is 10.1. The van der Waals surface area contributed by atoms with Crippen LogP contribution in [0.2, 0.25) is 0 Å². The molecule has 2 heterocycles. The Balaban J connectivity index is 1.96. The van der Waals surface area contributed by atoms with Gasteiger partial charge in [0.2, 0.25) is 0 Å².